The van der Waals surface area contributed by atoms with E-state index in [0.717, 1.165) is 16.0 Å². The van der Waals surface area contributed by atoms with Crippen molar-refractivity contribution in [1.29, 1.82) is 0 Å². The maximum atomic E-state index is 12.2. The van der Waals surface area contributed by atoms with Crippen molar-refractivity contribution in [3.63, 3.8) is 0 Å². The summed E-state index contributed by atoms with van der Waals surface area (Å²) in [5, 5.41) is 3.39. The van der Waals surface area contributed by atoms with Crippen molar-refractivity contribution in [3.8, 4) is 0 Å². The van der Waals surface area contributed by atoms with E-state index < -0.39 is 0 Å². The van der Waals surface area contributed by atoms with Gasteiger partial charge in [-0.15, -0.1) is 0 Å². The van der Waals surface area contributed by atoms with E-state index in [4.69, 9.17) is 10.2 Å². The lowest BCUT2D eigenvalue weighted by Crippen LogP contribution is -2.26. The summed E-state index contributed by atoms with van der Waals surface area (Å²) in [5.41, 5.74) is 7.05. The molecule has 20 heavy (non-hydrogen) atoms. The number of anilines is 1. The van der Waals surface area contributed by atoms with Crippen molar-refractivity contribution < 1.29 is 9.21 Å². The molecular weight excluding hydrogens is 274 g/mol. The highest BCUT2D eigenvalue weighted by Crippen LogP contribution is 2.24. The molecule has 1 atom stereocenters. The van der Waals surface area contributed by atoms with Crippen LogP contribution in [0.25, 0.3) is 10.2 Å². The number of furan rings is 1. The fraction of sp³-hybridized carbons (Fsp3) is 0.143. The zero-order valence-corrected chi connectivity index (χ0v) is 11.6. The first-order valence-corrected chi connectivity index (χ1v) is 6.95. The number of thiazole rings is 1. The van der Waals surface area contributed by atoms with Crippen LogP contribution in [0.4, 0.5) is 5.13 Å². The molecule has 1 amide bonds. The van der Waals surface area contributed by atoms with Crippen LogP contribution in [0.1, 0.15) is 29.1 Å². The Balaban J connectivity index is 1.81. The summed E-state index contributed by atoms with van der Waals surface area (Å²) in [6.07, 6.45) is 1.59. The second kappa shape index (κ2) is 4.97. The number of hydrogen-bond acceptors (Lipinski definition) is 5. The monoisotopic (exact) mass is 287 g/mol. The van der Waals surface area contributed by atoms with Gasteiger partial charge in [-0.25, -0.2) is 4.98 Å². The summed E-state index contributed by atoms with van der Waals surface area (Å²) in [6.45, 7) is 1.87. The molecule has 0 unspecified atom stereocenters. The quantitative estimate of drug-likeness (QED) is 0.776. The molecule has 0 fully saturated rings. The van der Waals surface area contributed by atoms with Crippen LogP contribution in [-0.4, -0.2) is 10.9 Å². The van der Waals surface area contributed by atoms with E-state index in [2.05, 4.69) is 10.3 Å². The zero-order valence-electron chi connectivity index (χ0n) is 10.8. The van der Waals surface area contributed by atoms with E-state index in [9.17, 15) is 4.79 Å². The summed E-state index contributed by atoms with van der Waals surface area (Å²) < 4.78 is 6.17. The Morgan fingerprint density at radius 2 is 2.30 bits per heavy atom. The average molecular weight is 287 g/mol. The first-order chi connectivity index (χ1) is 9.63. The van der Waals surface area contributed by atoms with Crippen molar-refractivity contribution in [2.24, 2.45) is 0 Å². The van der Waals surface area contributed by atoms with Crippen molar-refractivity contribution in [2.75, 3.05) is 5.73 Å². The predicted octanol–water partition coefficient (Wildman–Crippen LogP) is 2.96. The number of hydrogen-bond donors (Lipinski definition) is 2. The van der Waals surface area contributed by atoms with Crippen molar-refractivity contribution in [1.82, 2.24) is 10.3 Å². The molecule has 3 N–H and O–H groups in total. The maximum absolute atomic E-state index is 12.2. The van der Waals surface area contributed by atoms with Gasteiger partial charge in [-0.05, 0) is 37.3 Å². The highest BCUT2D eigenvalue weighted by molar-refractivity contribution is 7.22. The van der Waals surface area contributed by atoms with Crippen molar-refractivity contribution in [2.45, 2.75) is 13.0 Å². The van der Waals surface area contributed by atoms with Gasteiger partial charge in [-0.3, -0.25) is 4.79 Å². The summed E-state index contributed by atoms with van der Waals surface area (Å²) in [5.74, 6) is 0.573. The molecule has 0 saturated carbocycles. The lowest BCUT2D eigenvalue weighted by molar-refractivity contribution is 0.0935. The molecule has 0 aliphatic rings. The molecule has 1 aromatic carbocycles. The number of aromatic nitrogens is 1. The Morgan fingerprint density at radius 1 is 1.45 bits per heavy atom. The normalized spacial score (nSPS) is 12.4. The molecule has 0 radical (unpaired) electrons. The zero-order chi connectivity index (χ0) is 14.1. The fourth-order valence-corrected chi connectivity index (χ4v) is 2.75. The summed E-state index contributed by atoms with van der Waals surface area (Å²) >= 11 is 1.37. The Kier molecular flexibility index (Phi) is 3.15. The lowest BCUT2D eigenvalue weighted by Gasteiger charge is -2.11. The first kappa shape index (κ1) is 12.7. The Bertz CT molecular complexity index is 749. The van der Waals surface area contributed by atoms with Gasteiger partial charge in [-0.1, -0.05) is 11.3 Å². The van der Waals surface area contributed by atoms with Crippen LogP contribution in [0.3, 0.4) is 0 Å². The smallest absolute Gasteiger partial charge is 0.251 e. The third-order valence-corrected chi connectivity index (χ3v) is 3.83. The van der Waals surface area contributed by atoms with Gasteiger partial charge in [0.05, 0.1) is 22.5 Å². The van der Waals surface area contributed by atoms with Gasteiger partial charge in [0.1, 0.15) is 5.76 Å². The minimum Gasteiger partial charge on any atom is -0.467 e. The average Bonchev–Trinajstić information content (AvgIpc) is 3.05. The number of amides is 1. The van der Waals surface area contributed by atoms with E-state index in [1.165, 1.54) is 11.3 Å². The Morgan fingerprint density at radius 3 is 3.05 bits per heavy atom. The van der Waals surface area contributed by atoms with Crippen LogP contribution in [0, 0.1) is 0 Å². The molecule has 102 valence electrons. The summed E-state index contributed by atoms with van der Waals surface area (Å²) in [6, 6.07) is 8.79. The molecule has 0 saturated heterocycles. The molecule has 2 heterocycles. The van der Waals surface area contributed by atoms with Gasteiger partial charge in [0.2, 0.25) is 0 Å². The van der Waals surface area contributed by atoms with Gasteiger partial charge in [0.25, 0.3) is 5.91 Å². The summed E-state index contributed by atoms with van der Waals surface area (Å²) in [4.78, 5) is 16.4. The minimum atomic E-state index is -0.181. The van der Waals surface area contributed by atoms with Gasteiger partial charge in [0.15, 0.2) is 5.13 Å². The molecule has 0 aliphatic carbocycles. The highest BCUT2D eigenvalue weighted by Gasteiger charge is 2.14. The molecule has 0 spiro atoms. The van der Waals surface area contributed by atoms with E-state index in [1.807, 2.05) is 13.0 Å². The standard InChI is InChI=1S/C14H13N3O2S/c1-8(11-3-2-6-19-11)16-13(18)9-4-5-10-12(7-9)20-14(15)17-10/h2-8H,1H3,(H2,15,17)(H,16,18)/t8-/m1/s1. The van der Waals surface area contributed by atoms with Gasteiger partial charge in [-0.2, -0.15) is 0 Å². The van der Waals surface area contributed by atoms with Crippen LogP contribution in [-0.2, 0) is 0 Å². The van der Waals surface area contributed by atoms with Crippen LogP contribution in [0.2, 0.25) is 0 Å². The third kappa shape index (κ3) is 2.37. The molecule has 6 heteroatoms. The molecule has 5 nitrogen and oxygen atoms in total. The number of nitrogens with two attached hydrogens (primary N) is 1. The number of fused-ring (bicyclic) bond motifs is 1. The van der Waals surface area contributed by atoms with E-state index in [1.54, 1.807) is 30.5 Å². The number of carbonyl (C=O) groups is 1. The van der Waals surface area contributed by atoms with Crippen molar-refractivity contribution >= 4 is 32.6 Å². The highest BCUT2D eigenvalue weighted by atomic mass is 32.1. The second-order valence-corrected chi connectivity index (χ2v) is 5.51. The molecular formula is C14H13N3O2S. The first-order valence-electron chi connectivity index (χ1n) is 6.14. The predicted molar refractivity (Wildman–Crippen MR) is 78.6 cm³/mol. The number of carbonyl (C=O) groups excluding carboxylic acids is 1. The number of benzene rings is 1. The van der Waals surface area contributed by atoms with Gasteiger partial charge >= 0.3 is 0 Å². The Hall–Kier alpha value is -2.34. The lowest BCUT2D eigenvalue weighted by atomic mass is 10.2. The van der Waals surface area contributed by atoms with E-state index in [-0.39, 0.29) is 11.9 Å². The number of nitrogens with zero attached hydrogens (tertiary/aromatic N) is 1. The third-order valence-electron chi connectivity index (χ3n) is 2.98. The SMILES string of the molecule is C[C@@H](NC(=O)c1ccc2nc(N)sc2c1)c1ccco1. The van der Waals surface area contributed by atoms with E-state index in [0.29, 0.717) is 10.7 Å². The topological polar surface area (TPSA) is 81.2 Å². The minimum absolute atomic E-state index is 0.150. The number of nitrogens with one attached hydrogen (secondary N) is 1. The maximum Gasteiger partial charge on any atom is 0.251 e. The molecule has 0 aliphatic heterocycles. The largest absolute Gasteiger partial charge is 0.467 e. The fourth-order valence-electron chi connectivity index (χ4n) is 1.97. The molecule has 0 bridgehead atoms. The van der Waals surface area contributed by atoms with Crippen LogP contribution in [0.15, 0.2) is 41.0 Å². The van der Waals surface area contributed by atoms with Crippen molar-refractivity contribution in [3.05, 3.63) is 47.9 Å². The number of nitrogen functional groups attached to an aromatic ring is 1. The molecule has 2 aromatic heterocycles. The van der Waals surface area contributed by atoms with Gasteiger partial charge < -0.3 is 15.5 Å². The van der Waals surface area contributed by atoms with Gasteiger partial charge in [0, 0.05) is 5.56 Å². The second-order valence-electron chi connectivity index (χ2n) is 4.45. The summed E-state index contributed by atoms with van der Waals surface area (Å²) in [7, 11) is 0. The molecule has 3 rings (SSSR count). The van der Waals surface area contributed by atoms with Crippen LogP contribution in [0.5, 0.6) is 0 Å². The van der Waals surface area contributed by atoms with Crippen LogP contribution >= 0.6 is 11.3 Å². The Labute approximate surface area is 119 Å². The molecule has 3 aromatic rings. The van der Waals surface area contributed by atoms with E-state index >= 15 is 0 Å². The van der Waals surface area contributed by atoms with Crippen LogP contribution < -0.4 is 11.1 Å². The number of rotatable bonds is 3.